The number of non-ortho nitro benzene ring substituents is 1. The van der Waals surface area contributed by atoms with Gasteiger partial charge in [-0.15, -0.1) is 0 Å². The molecule has 0 fully saturated rings. The average molecular weight is 493 g/mol. The molecule has 0 spiro atoms. The van der Waals surface area contributed by atoms with Crippen molar-refractivity contribution in [3.8, 4) is 5.75 Å². The molecule has 12 heteroatoms. The minimum atomic E-state index is -3.90. The Morgan fingerprint density at radius 1 is 1.15 bits per heavy atom. The van der Waals surface area contributed by atoms with Crippen LogP contribution in [-0.4, -0.2) is 69.2 Å². The highest BCUT2D eigenvalue weighted by Crippen LogP contribution is 2.32. The fourth-order valence-electron chi connectivity index (χ4n) is 3.11. The molecule has 0 aliphatic rings. The van der Waals surface area contributed by atoms with Gasteiger partial charge in [-0.2, -0.15) is 0 Å². The number of benzene rings is 2. The molecule has 2 aromatic carbocycles. The molecule has 0 unspecified atom stereocenters. The Balaban J connectivity index is 1.89. The lowest BCUT2D eigenvalue weighted by Gasteiger charge is -2.21. The van der Waals surface area contributed by atoms with Crippen molar-refractivity contribution in [2.24, 2.45) is 0 Å². The van der Waals surface area contributed by atoms with E-state index >= 15 is 0 Å². The Labute approximate surface area is 195 Å². The zero-order valence-corrected chi connectivity index (χ0v) is 20.1. The van der Waals surface area contributed by atoms with Gasteiger partial charge in [-0.05, 0) is 57.4 Å². The zero-order chi connectivity index (χ0) is 24.2. The molecule has 0 saturated carbocycles. The third-order valence-corrected chi connectivity index (χ3v) is 7.48. The predicted octanol–water partition coefficient (Wildman–Crippen LogP) is 2.97. The van der Waals surface area contributed by atoms with Gasteiger partial charge in [0.05, 0.1) is 27.1 Å². The Kier molecular flexibility index (Phi) is 7.61. The summed E-state index contributed by atoms with van der Waals surface area (Å²) in [6, 6.07) is 10.1. The Bertz CT molecular complexity index is 1260. The second-order valence-electron chi connectivity index (χ2n) is 7.54. The third kappa shape index (κ3) is 6.03. The molecule has 1 amide bonds. The van der Waals surface area contributed by atoms with Gasteiger partial charge in [-0.3, -0.25) is 19.8 Å². The monoisotopic (exact) mass is 492 g/mol. The van der Waals surface area contributed by atoms with E-state index in [0.717, 1.165) is 11.3 Å². The quantitative estimate of drug-likeness (QED) is 0.313. The van der Waals surface area contributed by atoms with Crippen LogP contribution in [0.5, 0.6) is 5.75 Å². The van der Waals surface area contributed by atoms with E-state index in [1.165, 1.54) is 54.5 Å². The zero-order valence-electron chi connectivity index (χ0n) is 18.4. The number of nitrogens with zero attached hydrogens (tertiary/aromatic N) is 4. The van der Waals surface area contributed by atoms with Crippen molar-refractivity contribution in [2.45, 2.75) is 11.3 Å². The van der Waals surface area contributed by atoms with Crippen LogP contribution in [0.2, 0.25) is 0 Å². The highest BCUT2D eigenvalue weighted by Gasteiger charge is 2.27. The molecule has 3 aromatic rings. The molecule has 0 radical (unpaired) electrons. The number of sulfone groups is 1. The number of methoxy groups -OCH3 is 1. The van der Waals surface area contributed by atoms with E-state index in [2.05, 4.69) is 4.98 Å². The van der Waals surface area contributed by atoms with Crippen LogP contribution < -0.4 is 9.64 Å². The Hall–Kier alpha value is -3.09. The number of thiazole rings is 1. The van der Waals surface area contributed by atoms with Crippen LogP contribution in [0.4, 0.5) is 10.8 Å². The van der Waals surface area contributed by atoms with Crippen molar-refractivity contribution in [3.05, 3.63) is 52.6 Å². The molecule has 176 valence electrons. The van der Waals surface area contributed by atoms with E-state index in [1.807, 2.05) is 19.0 Å². The summed E-state index contributed by atoms with van der Waals surface area (Å²) in [6.45, 7) is 0.947. The summed E-state index contributed by atoms with van der Waals surface area (Å²) in [5.41, 5.74) is 0.425. The van der Waals surface area contributed by atoms with Crippen molar-refractivity contribution in [2.75, 3.05) is 44.9 Å². The number of hydrogen-bond acceptors (Lipinski definition) is 9. The van der Waals surface area contributed by atoms with Gasteiger partial charge >= 0.3 is 0 Å². The molecule has 10 nitrogen and oxygen atoms in total. The average Bonchev–Trinajstić information content (AvgIpc) is 3.19. The predicted molar refractivity (Wildman–Crippen MR) is 127 cm³/mol. The first-order chi connectivity index (χ1) is 15.6. The van der Waals surface area contributed by atoms with Crippen molar-refractivity contribution in [3.63, 3.8) is 0 Å². The number of carbonyl (C=O) groups excluding carboxylic acids is 1. The van der Waals surface area contributed by atoms with Gasteiger partial charge in [0, 0.05) is 18.7 Å². The summed E-state index contributed by atoms with van der Waals surface area (Å²) in [6.07, 6.45) is 0.595. The fourth-order valence-corrected chi connectivity index (χ4v) is 5.35. The van der Waals surface area contributed by atoms with Crippen LogP contribution in [0.15, 0.2) is 47.4 Å². The first kappa shape index (κ1) is 24.6. The summed E-state index contributed by atoms with van der Waals surface area (Å²) in [7, 11) is 1.38. The molecule has 33 heavy (non-hydrogen) atoms. The standard InChI is InChI=1S/C21H24N4O6S2/c1-23(2)11-4-12-24(21-22-18-10-5-15(25(27)28)13-19(18)32-21)20(26)14-33(29,30)17-8-6-16(31-3)7-9-17/h5-10,13H,4,11-12,14H2,1-3H3. The maximum absolute atomic E-state index is 13.2. The third-order valence-electron chi connectivity index (χ3n) is 4.82. The first-order valence-electron chi connectivity index (χ1n) is 9.97. The van der Waals surface area contributed by atoms with E-state index < -0.39 is 26.4 Å². The molecule has 0 saturated heterocycles. The van der Waals surface area contributed by atoms with E-state index in [4.69, 9.17) is 4.74 Å². The number of hydrogen-bond donors (Lipinski definition) is 0. The Morgan fingerprint density at radius 2 is 1.85 bits per heavy atom. The number of carbonyl (C=O) groups is 1. The van der Waals surface area contributed by atoms with Gasteiger partial charge < -0.3 is 9.64 Å². The van der Waals surface area contributed by atoms with Gasteiger partial charge in [0.2, 0.25) is 5.91 Å². The van der Waals surface area contributed by atoms with Crippen LogP contribution in [-0.2, 0) is 14.6 Å². The fraction of sp³-hybridized carbons (Fsp3) is 0.333. The molecule has 0 aliphatic carbocycles. The second-order valence-corrected chi connectivity index (χ2v) is 10.5. The summed E-state index contributed by atoms with van der Waals surface area (Å²) in [5, 5.41) is 11.4. The minimum absolute atomic E-state index is 0.0183. The lowest BCUT2D eigenvalue weighted by Crippen LogP contribution is -2.37. The van der Waals surface area contributed by atoms with Gasteiger partial charge in [0.25, 0.3) is 5.69 Å². The number of ether oxygens (including phenoxy) is 1. The SMILES string of the molecule is COc1ccc(S(=O)(=O)CC(=O)N(CCCN(C)C)c2nc3ccc([N+](=O)[O-])cc3s2)cc1. The molecule has 1 heterocycles. The highest BCUT2D eigenvalue weighted by atomic mass is 32.2. The number of amides is 1. The van der Waals surface area contributed by atoms with Crippen molar-refractivity contribution in [1.82, 2.24) is 9.88 Å². The number of nitro groups is 1. The molecule has 0 bridgehead atoms. The Morgan fingerprint density at radius 3 is 2.45 bits per heavy atom. The first-order valence-corrected chi connectivity index (χ1v) is 12.4. The van der Waals surface area contributed by atoms with Crippen molar-refractivity contribution < 1.29 is 22.9 Å². The largest absolute Gasteiger partial charge is 0.497 e. The summed E-state index contributed by atoms with van der Waals surface area (Å²) in [5.74, 6) is -0.829. The van der Waals surface area contributed by atoms with E-state index in [0.29, 0.717) is 34.1 Å². The van der Waals surface area contributed by atoms with Crippen LogP contribution in [0.1, 0.15) is 6.42 Å². The minimum Gasteiger partial charge on any atom is -0.497 e. The smallest absolute Gasteiger partial charge is 0.270 e. The lowest BCUT2D eigenvalue weighted by molar-refractivity contribution is -0.384. The van der Waals surface area contributed by atoms with Crippen LogP contribution >= 0.6 is 11.3 Å². The van der Waals surface area contributed by atoms with Crippen LogP contribution in [0.25, 0.3) is 10.2 Å². The summed E-state index contributed by atoms with van der Waals surface area (Å²) < 4.78 is 31.3. The molecule has 3 rings (SSSR count). The number of fused-ring (bicyclic) bond motifs is 1. The van der Waals surface area contributed by atoms with E-state index in [1.54, 1.807) is 0 Å². The molecular weight excluding hydrogens is 468 g/mol. The van der Waals surface area contributed by atoms with Crippen LogP contribution in [0.3, 0.4) is 0 Å². The second kappa shape index (κ2) is 10.2. The number of nitro benzene ring substituents is 1. The highest BCUT2D eigenvalue weighted by molar-refractivity contribution is 7.92. The van der Waals surface area contributed by atoms with Gasteiger partial charge in [-0.25, -0.2) is 13.4 Å². The van der Waals surface area contributed by atoms with Crippen LogP contribution in [0, 0.1) is 10.1 Å². The molecule has 0 atom stereocenters. The van der Waals surface area contributed by atoms with Gasteiger partial charge in [-0.1, -0.05) is 11.3 Å². The van der Waals surface area contributed by atoms with Gasteiger partial charge in [0.15, 0.2) is 15.0 Å². The lowest BCUT2D eigenvalue weighted by atomic mass is 10.3. The normalized spacial score (nSPS) is 11.6. The van der Waals surface area contributed by atoms with E-state index in [9.17, 15) is 23.3 Å². The maximum Gasteiger partial charge on any atom is 0.270 e. The van der Waals surface area contributed by atoms with E-state index in [-0.39, 0.29) is 17.1 Å². The summed E-state index contributed by atoms with van der Waals surface area (Å²) >= 11 is 1.12. The molecule has 0 aliphatic heterocycles. The van der Waals surface area contributed by atoms with Crippen molar-refractivity contribution >= 4 is 48.1 Å². The molecule has 1 aromatic heterocycles. The summed E-state index contributed by atoms with van der Waals surface area (Å²) in [4.78, 5) is 31.5. The topological polar surface area (TPSA) is 123 Å². The number of aromatic nitrogens is 1. The maximum atomic E-state index is 13.2. The van der Waals surface area contributed by atoms with Gasteiger partial charge in [0.1, 0.15) is 11.5 Å². The molecule has 0 N–H and O–H groups in total. The van der Waals surface area contributed by atoms with Crippen molar-refractivity contribution in [1.29, 1.82) is 0 Å². The number of anilines is 1. The molecular formula is C21H24N4O6S2. The number of rotatable bonds is 10.